The van der Waals surface area contributed by atoms with Crippen molar-refractivity contribution < 1.29 is 4.79 Å². The molecule has 0 bridgehead atoms. The average Bonchev–Trinajstić information content (AvgIpc) is 2.64. The van der Waals surface area contributed by atoms with Crippen molar-refractivity contribution in [3.63, 3.8) is 0 Å². The third-order valence-electron chi connectivity index (χ3n) is 3.12. The molecule has 0 N–H and O–H groups in total. The van der Waals surface area contributed by atoms with Crippen LogP contribution in [0.2, 0.25) is 0 Å². The zero-order valence-corrected chi connectivity index (χ0v) is 11.2. The summed E-state index contributed by atoms with van der Waals surface area (Å²) in [5, 5.41) is 0. The number of carbonyl (C=O) groups is 1. The first kappa shape index (κ1) is 11.3. The third-order valence-corrected chi connectivity index (χ3v) is 4.76. The van der Waals surface area contributed by atoms with Crippen molar-refractivity contribution in [2.75, 3.05) is 0 Å². The molecule has 1 heterocycles. The Morgan fingerprint density at radius 2 is 2.27 bits per heavy atom. The van der Waals surface area contributed by atoms with Gasteiger partial charge in [0.15, 0.2) is 5.78 Å². The van der Waals surface area contributed by atoms with E-state index in [0.717, 1.165) is 27.4 Å². The fourth-order valence-electron chi connectivity index (χ4n) is 2.32. The number of hydrogen-bond donors (Lipinski definition) is 0. The molecular weight excluding hydrogens is 272 g/mol. The molecular formula is C12H15BrOS. The molecule has 1 aliphatic carbocycles. The molecule has 0 saturated heterocycles. The lowest BCUT2D eigenvalue weighted by Crippen LogP contribution is -2.21. The summed E-state index contributed by atoms with van der Waals surface area (Å²) in [6.07, 6.45) is 4.66. The van der Waals surface area contributed by atoms with E-state index in [1.54, 1.807) is 11.3 Å². The quantitative estimate of drug-likeness (QED) is 0.731. The van der Waals surface area contributed by atoms with Gasteiger partial charge in [0.2, 0.25) is 0 Å². The average molecular weight is 287 g/mol. The number of hydrogen-bond acceptors (Lipinski definition) is 2. The Morgan fingerprint density at radius 1 is 1.47 bits per heavy atom. The highest BCUT2D eigenvalue weighted by Gasteiger charge is 2.26. The fraction of sp³-hybridized carbons (Fsp3) is 0.583. The second-order valence-electron chi connectivity index (χ2n) is 4.44. The van der Waals surface area contributed by atoms with Gasteiger partial charge in [0.1, 0.15) is 0 Å². The normalized spacial score (nSPS) is 26.5. The molecule has 82 valence electrons. The highest BCUT2D eigenvalue weighted by Crippen LogP contribution is 2.33. The lowest BCUT2D eigenvalue weighted by molar-refractivity contribution is 0.0872. The van der Waals surface area contributed by atoms with Crippen molar-refractivity contribution in [1.29, 1.82) is 0 Å². The second kappa shape index (κ2) is 4.79. The van der Waals surface area contributed by atoms with Crippen LogP contribution in [-0.4, -0.2) is 5.78 Å². The first-order valence-electron chi connectivity index (χ1n) is 5.46. The molecule has 1 nitrogen and oxygen atoms in total. The lowest BCUT2D eigenvalue weighted by atomic mass is 9.80. The van der Waals surface area contributed by atoms with Crippen LogP contribution < -0.4 is 0 Å². The minimum absolute atomic E-state index is 0.277. The molecule has 1 aliphatic rings. The number of ketones is 1. The van der Waals surface area contributed by atoms with Gasteiger partial charge in [-0.25, -0.2) is 0 Å². The Kier molecular flexibility index (Phi) is 3.62. The van der Waals surface area contributed by atoms with Crippen LogP contribution in [0.25, 0.3) is 0 Å². The molecule has 0 amide bonds. The van der Waals surface area contributed by atoms with Gasteiger partial charge in [-0.15, -0.1) is 11.3 Å². The summed E-state index contributed by atoms with van der Waals surface area (Å²) in [6, 6.07) is 3.90. The summed E-state index contributed by atoms with van der Waals surface area (Å²) in [4.78, 5) is 13.1. The van der Waals surface area contributed by atoms with Crippen LogP contribution in [0.1, 0.15) is 42.3 Å². The minimum Gasteiger partial charge on any atom is -0.293 e. The monoisotopic (exact) mass is 286 g/mol. The van der Waals surface area contributed by atoms with E-state index in [-0.39, 0.29) is 5.92 Å². The van der Waals surface area contributed by atoms with Crippen LogP contribution in [0.5, 0.6) is 0 Å². The van der Waals surface area contributed by atoms with Crippen LogP contribution in [-0.2, 0) is 0 Å². The van der Waals surface area contributed by atoms with Crippen molar-refractivity contribution >= 4 is 33.0 Å². The van der Waals surface area contributed by atoms with E-state index in [4.69, 9.17) is 0 Å². The Hall–Kier alpha value is -0.150. The van der Waals surface area contributed by atoms with Gasteiger partial charge in [-0.1, -0.05) is 19.8 Å². The molecule has 2 rings (SSSR count). The summed E-state index contributed by atoms with van der Waals surface area (Å²) in [7, 11) is 0. The van der Waals surface area contributed by atoms with Crippen molar-refractivity contribution in [1.82, 2.24) is 0 Å². The summed E-state index contributed by atoms with van der Waals surface area (Å²) in [6.45, 7) is 2.25. The van der Waals surface area contributed by atoms with Gasteiger partial charge in [-0.2, -0.15) is 0 Å². The van der Waals surface area contributed by atoms with Gasteiger partial charge in [0.05, 0.1) is 8.66 Å². The van der Waals surface area contributed by atoms with E-state index in [2.05, 4.69) is 22.9 Å². The van der Waals surface area contributed by atoms with E-state index in [9.17, 15) is 4.79 Å². The third kappa shape index (κ3) is 2.70. The van der Waals surface area contributed by atoms with E-state index in [0.29, 0.717) is 5.78 Å². The van der Waals surface area contributed by atoms with E-state index < -0.39 is 0 Å². The molecule has 0 aromatic carbocycles. The summed E-state index contributed by atoms with van der Waals surface area (Å²) >= 11 is 4.96. The van der Waals surface area contributed by atoms with Gasteiger partial charge in [-0.05, 0) is 46.8 Å². The molecule has 0 spiro atoms. The molecule has 2 atom stereocenters. The molecule has 3 heteroatoms. The molecule has 0 aliphatic heterocycles. The standard InChI is InChI=1S/C12H15BrOS/c1-8-3-2-4-9(7-8)12(14)10-5-6-11(13)15-10/h5-6,8-9H,2-4,7H2,1H3. The summed E-state index contributed by atoms with van der Waals surface area (Å²) < 4.78 is 1.05. The number of halogens is 1. The van der Waals surface area contributed by atoms with E-state index in [1.165, 1.54) is 12.8 Å². The predicted octanol–water partition coefficient (Wildman–Crippen LogP) is 4.52. The molecule has 15 heavy (non-hydrogen) atoms. The van der Waals surface area contributed by atoms with Gasteiger partial charge < -0.3 is 0 Å². The predicted molar refractivity (Wildman–Crippen MR) is 67.5 cm³/mol. The minimum atomic E-state index is 0.277. The molecule has 0 radical (unpaired) electrons. The Balaban J connectivity index is 2.07. The molecule has 2 unspecified atom stereocenters. The van der Waals surface area contributed by atoms with Gasteiger partial charge >= 0.3 is 0 Å². The topological polar surface area (TPSA) is 17.1 Å². The maximum absolute atomic E-state index is 12.1. The summed E-state index contributed by atoms with van der Waals surface area (Å²) in [5.41, 5.74) is 0. The van der Waals surface area contributed by atoms with Crippen molar-refractivity contribution in [2.45, 2.75) is 32.6 Å². The van der Waals surface area contributed by atoms with Crippen molar-refractivity contribution in [3.8, 4) is 0 Å². The highest BCUT2D eigenvalue weighted by molar-refractivity contribution is 9.11. The first-order chi connectivity index (χ1) is 7.16. The first-order valence-corrected chi connectivity index (χ1v) is 7.07. The number of carbonyl (C=O) groups excluding carboxylic acids is 1. The van der Waals surface area contributed by atoms with Crippen molar-refractivity contribution in [2.24, 2.45) is 11.8 Å². The SMILES string of the molecule is CC1CCCC(C(=O)c2ccc(Br)s2)C1. The molecule has 1 saturated carbocycles. The lowest BCUT2D eigenvalue weighted by Gasteiger charge is -2.25. The Labute approximate surface area is 103 Å². The maximum Gasteiger partial charge on any atom is 0.175 e. The molecule has 1 aromatic heterocycles. The Bertz CT molecular complexity index is 358. The zero-order chi connectivity index (χ0) is 10.8. The van der Waals surface area contributed by atoms with Crippen LogP contribution in [0, 0.1) is 11.8 Å². The van der Waals surface area contributed by atoms with Crippen LogP contribution in [0.15, 0.2) is 15.9 Å². The second-order valence-corrected chi connectivity index (χ2v) is 6.90. The van der Waals surface area contributed by atoms with E-state index in [1.807, 2.05) is 12.1 Å². The molecule has 1 aromatic rings. The van der Waals surface area contributed by atoms with Gasteiger partial charge in [0, 0.05) is 5.92 Å². The smallest absolute Gasteiger partial charge is 0.175 e. The van der Waals surface area contributed by atoms with Crippen LogP contribution in [0.3, 0.4) is 0 Å². The number of Topliss-reactive ketones (excluding diaryl/α,β-unsaturated/α-hetero) is 1. The Morgan fingerprint density at radius 3 is 2.87 bits per heavy atom. The number of thiophene rings is 1. The van der Waals surface area contributed by atoms with Crippen LogP contribution in [0.4, 0.5) is 0 Å². The highest BCUT2D eigenvalue weighted by atomic mass is 79.9. The zero-order valence-electron chi connectivity index (χ0n) is 8.83. The molecule has 1 fully saturated rings. The van der Waals surface area contributed by atoms with Gasteiger partial charge in [-0.3, -0.25) is 4.79 Å². The fourth-order valence-corrected chi connectivity index (χ4v) is 3.73. The maximum atomic E-state index is 12.1. The van der Waals surface area contributed by atoms with Gasteiger partial charge in [0.25, 0.3) is 0 Å². The van der Waals surface area contributed by atoms with Crippen LogP contribution >= 0.6 is 27.3 Å². The largest absolute Gasteiger partial charge is 0.293 e. The van der Waals surface area contributed by atoms with E-state index >= 15 is 0 Å². The summed E-state index contributed by atoms with van der Waals surface area (Å²) in [5.74, 6) is 1.35. The van der Waals surface area contributed by atoms with Crippen molar-refractivity contribution in [3.05, 3.63) is 20.8 Å². The number of rotatable bonds is 2.